The molecule has 1 fully saturated rings. The third kappa shape index (κ3) is 3.66. The van der Waals surface area contributed by atoms with Gasteiger partial charge >= 0.3 is 0 Å². The van der Waals surface area contributed by atoms with Crippen LogP contribution >= 0.6 is 0 Å². The van der Waals surface area contributed by atoms with Gasteiger partial charge < -0.3 is 25.2 Å². The van der Waals surface area contributed by atoms with Gasteiger partial charge in [-0.1, -0.05) is 0 Å². The Labute approximate surface area is 147 Å². The number of fused-ring (bicyclic) bond motifs is 1. The molecule has 1 aromatic carbocycles. The first-order valence-electron chi connectivity index (χ1n) is 8.69. The molecule has 1 aromatic rings. The van der Waals surface area contributed by atoms with E-state index in [9.17, 15) is 14.4 Å². The van der Waals surface area contributed by atoms with E-state index in [0.29, 0.717) is 18.5 Å². The third-order valence-corrected chi connectivity index (χ3v) is 4.91. The first-order valence-corrected chi connectivity index (χ1v) is 8.69. The summed E-state index contributed by atoms with van der Waals surface area (Å²) in [5.41, 5.74) is 2.72. The van der Waals surface area contributed by atoms with Gasteiger partial charge in [0.25, 0.3) is 5.91 Å². The van der Waals surface area contributed by atoms with Crippen molar-refractivity contribution in [3.63, 3.8) is 0 Å². The number of hydrogen-bond donors (Lipinski definition) is 2. The summed E-state index contributed by atoms with van der Waals surface area (Å²) < 4.78 is 0. The molecule has 134 valence electrons. The fraction of sp³-hybridized carbons (Fsp3) is 0.500. The molecule has 7 nitrogen and oxygen atoms in total. The van der Waals surface area contributed by atoms with Crippen molar-refractivity contribution in [1.82, 2.24) is 15.5 Å². The predicted octanol–water partition coefficient (Wildman–Crippen LogP) is 0.146. The number of rotatable bonds is 6. The molecule has 0 radical (unpaired) electrons. The van der Waals surface area contributed by atoms with Crippen LogP contribution in [0.2, 0.25) is 0 Å². The van der Waals surface area contributed by atoms with E-state index in [1.165, 1.54) is 0 Å². The lowest BCUT2D eigenvalue weighted by atomic mass is 10.1. The quantitative estimate of drug-likeness (QED) is 0.718. The normalized spacial score (nSPS) is 18.0. The second-order valence-corrected chi connectivity index (χ2v) is 6.43. The Morgan fingerprint density at radius 3 is 2.80 bits per heavy atom. The maximum atomic E-state index is 12.6. The van der Waals surface area contributed by atoms with Crippen LogP contribution < -0.4 is 15.5 Å². The van der Waals surface area contributed by atoms with Crippen LogP contribution in [-0.2, 0) is 16.1 Å². The van der Waals surface area contributed by atoms with E-state index < -0.39 is 6.04 Å². The summed E-state index contributed by atoms with van der Waals surface area (Å²) in [6.07, 6.45) is 1.34. The first-order chi connectivity index (χ1) is 12.1. The molecular formula is C18H24N4O3. The minimum absolute atomic E-state index is 0.128. The average Bonchev–Trinajstić information content (AvgIpc) is 2.99. The van der Waals surface area contributed by atoms with E-state index in [1.807, 2.05) is 12.1 Å². The van der Waals surface area contributed by atoms with Crippen molar-refractivity contribution in [2.45, 2.75) is 25.4 Å². The lowest BCUT2D eigenvalue weighted by Gasteiger charge is -2.29. The number of aldehydes is 1. The lowest BCUT2D eigenvalue weighted by molar-refractivity contribution is -0.121. The van der Waals surface area contributed by atoms with Gasteiger partial charge in [-0.2, -0.15) is 0 Å². The Morgan fingerprint density at radius 2 is 2.12 bits per heavy atom. The van der Waals surface area contributed by atoms with Gasteiger partial charge in [0.1, 0.15) is 6.29 Å². The van der Waals surface area contributed by atoms with Gasteiger partial charge in [-0.05, 0) is 30.2 Å². The van der Waals surface area contributed by atoms with Crippen molar-refractivity contribution in [3.8, 4) is 0 Å². The fourth-order valence-electron chi connectivity index (χ4n) is 3.42. The van der Waals surface area contributed by atoms with Gasteiger partial charge in [-0.25, -0.2) is 0 Å². The number of nitrogens with zero attached hydrogens (tertiary/aromatic N) is 2. The van der Waals surface area contributed by atoms with Crippen LogP contribution in [0, 0.1) is 0 Å². The van der Waals surface area contributed by atoms with Gasteiger partial charge in [-0.15, -0.1) is 0 Å². The fourth-order valence-corrected chi connectivity index (χ4v) is 3.42. The third-order valence-electron chi connectivity index (χ3n) is 4.91. The zero-order valence-corrected chi connectivity index (χ0v) is 14.5. The van der Waals surface area contributed by atoms with Gasteiger partial charge in [0, 0.05) is 57.4 Å². The van der Waals surface area contributed by atoms with Crippen LogP contribution in [-0.4, -0.2) is 62.3 Å². The molecule has 25 heavy (non-hydrogen) atoms. The molecule has 1 atom stereocenters. The molecule has 2 N–H and O–H groups in total. The number of anilines is 1. The van der Waals surface area contributed by atoms with Crippen molar-refractivity contribution in [3.05, 3.63) is 29.3 Å². The van der Waals surface area contributed by atoms with Crippen LogP contribution in [0.4, 0.5) is 5.69 Å². The zero-order chi connectivity index (χ0) is 17.8. The summed E-state index contributed by atoms with van der Waals surface area (Å²) in [7, 11) is 1.56. The monoisotopic (exact) mass is 344 g/mol. The Bertz CT molecular complexity index is 670. The van der Waals surface area contributed by atoms with E-state index in [1.54, 1.807) is 11.9 Å². The Balaban J connectivity index is 1.73. The van der Waals surface area contributed by atoms with E-state index >= 15 is 0 Å². The summed E-state index contributed by atoms with van der Waals surface area (Å²) >= 11 is 0. The van der Waals surface area contributed by atoms with Gasteiger partial charge in [0.15, 0.2) is 0 Å². The van der Waals surface area contributed by atoms with Crippen molar-refractivity contribution >= 4 is 23.8 Å². The van der Waals surface area contributed by atoms with Crippen molar-refractivity contribution in [2.75, 3.05) is 38.1 Å². The zero-order valence-electron chi connectivity index (χ0n) is 14.5. The molecule has 0 bridgehead atoms. The number of piperazine rings is 1. The SMILES string of the molecule is CNC(=O)CCC(C=O)N1Cc2cc(N3CCNCC3)ccc2C1=O. The summed E-state index contributed by atoms with van der Waals surface area (Å²) in [6, 6.07) is 5.32. The van der Waals surface area contributed by atoms with E-state index in [2.05, 4.69) is 21.6 Å². The predicted molar refractivity (Wildman–Crippen MR) is 94.6 cm³/mol. The number of hydrogen-bond acceptors (Lipinski definition) is 5. The highest BCUT2D eigenvalue weighted by Crippen LogP contribution is 2.29. The van der Waals surface area contributed by atoms with Gasteiger partial charge in [0.2, 0.25) is 5.91 Å². The van der Waals surface area contributed by atoms with E-state index in [4.69, 9.17) is 0 Å². The van der Waals surface area contributed by atoms with Crippen molar-refractivity contribution in [2.24, 2.45) is 0 Å². The average molecular weight is 344 g/mol. The maximum Gasteiger partial charge on any atom is 0.255 e. The van der Waals surface area contributed by atoms with E-state index in [-0.39, 0.29) is 18.2 Å². The summed E-state index contributed by atoms with van der Waals surface area (Å²) in [5.74, 6) is -0.257. The minimum atomic E-state index is -0.570. The number of carbonyl (C=O) groups is 3. The molecule has 2 aliphatic rings. The van der Waals surface area contributed by atoms with Gasteiger partial charge in [0.05, 0.1) is 6.04 Å². The molecule has 7 heteroatoms. The molecule has 2 aliphatic heterocycles. The number of nitrogens with one attached hydrogen (secondary N) is 2. The van der Waals surface area contributed by atoms with Crippen molar-refractivity contribution < 1.29 is 14.4 Å². The minimum Gasteiger partial charge on any atom is -0.369 e. The van der Waals surface area contributed by atoms with Crippen LogP contribution in [0.5, 0.6) is 0 Å². The largest absolute Gasteiger partial charge is 0.369 e. The van der Waals surface area contributed by atoms with Crippen LogP contribution in [0.25, 0.3) is 0 Å². The number of amides is 2. The highest BCUT2D eigenvalue weighted by atomic mass is 16.2. The number of benzene rings is 1. The highest BCUT2D eigenvalue weighted by Gasteiger charge is 2.33. The van der Waals surface area contributed by atoms with E-state index in [0.717, 1.165) is 43.7 Å². The smallest absolute Gasteiger partial charge is 0.255 e. The molecule has 1 unspecified atom stereocenters. The second-order valence-electron chi connectivity index (χ2n) is 6.43. The number of carbonyl (C=O) groups excluding carboxylic acids is 3. The Hall–Kier alpha value is -2.41. The Kier molecular flexibility index (Phi) is 5.33. The van der Waals surface area contributed by atoms with Crippen molar-refractivity contribution in [1.29, 1.82) is 0 Å². The maximum absolute atomic E-state index is 12.6. The summed E-state index contributed by atoms with van der Waals surface area (Å²) in [5, 5.41) is 5.86. The molecule has 0 aliphatic carbocycles. The molecule has 0 saturated carbocycles. The molecule has 1 saturated heterocycles. The highest BCUT2D eigenvalue weighted by molar-refractivity contribution is 6.00. The second kappa shape index (κ2) is 7.65. The van der Waals surface area contributed by atoms with Crippen LogP contribution in [0.1, 0.15) is 28.8 Å². The summed E-state index contributed by atoms with van der Waals surface area (Å²) in [6.45, 7) is 4.22. The molecule has 0 spiro atoms. The standard InChI is InChI=1S/C18H24N4O3/c1-19-17(24)5-3-15(12-23)22-11-13-10-14(2-4-16(13)18(22)25)21-8-6-20-7-9-21/h2,4,10,12,15,20H,3,5-9,11H2,1H3,(H,19,24). The topological polar surface area (TPSA) is 81.8 Å². The Morgan fingerprint density at radius 1 is 1.36 bits per heavy atom. The van der Waals surface area contributed by atoms with Gasteiger partial charge in [-0.3, -0.25) is 9.59 Å². The molecular weight excluding hydrogens is 320 g/mol. The molecule has 2 heterocycles. The first kappa shape index (κ1) is 17.4. The summed E-state index contributed by atoms with van der Waals surface area (Å²) in [4.78, 5) is 39.4. The van der Waals surface area contributed by atoms with Crippen LogP contribution in [0.3, 0.4) is 0 Å². The molecule has 0 aromatic heterocycles. The van der Waals surface area contributed by atoms with Crippen LogP contribution in [0.15, 0.2) is 18.2 Å². The lowest BCUT2D eigenvalue weighted by Crippen LogP contribution is -2.43. The molecule has 2 amide bonds. The molecule has 3 rings (SSSR count).